The molecule has 4 heteroatoms. The largest absolute Gasteiger partial charge is 0.494 e. The van der Waals surface area contributed by atoms with Crippen LogP contribution in [0.5, 0.6) is 5.75 Å². The molecule has 0 aliphatic heterocycles. The summed E-state index contributed by atoms with van der Waals surface area (Å²) >= 11 is 0. The summed E-state index contributed by atoms with van der Waals surface area (Å²) in [5, 5.41) is 0. The Labute approximate surface area is 125 Å². The number of nitrogens with zero attached hydrogens (tertiary/aromatic N) is 1. The van der Waals surface area contributed by atoms with E-state index in [2.05, 4.69) is 0 Å². The second-order valence-corrected chi connectivity index (χ2v) is 4.94. The van der Waals surface area contributed by atoms with Crippen molar-refractivity contribution in [2.45, 2.75) is 32.9 Å². The van der Waals surface area contributed by atoms with Gasteiger partial charge >= 0.3 is 0 Å². The highest BCUT2D eigenvalue weighted by atomic mass is 16.5. The van der Waals surface area contributed by atoms with Gasteiger partial charge < -0.3 is 15.0 Å². The van der Waals surface area contributed by atoms with Crippen molar-refractivity contribution in [2.24, 2.45) is 5.73 Å². The fourth-order valence-electron chi connectivity index (χ4n) is 2.33. The van der Waals surface area contributed by atoms with Gasteiger partial charge in [0.1, 0.15) is 5.75 Å². The molecule has 0 amide bonds. The molecule has 0 bridgehead atoms. The average Bonchev–Trinajstić information content (AvgIpc) is 2.50. The molecule has 4 nitrogen and oxygen atoms in total. The minimum Gasteiger partial charge on any atom is -0.494 e. The maximum atomic E-state index is 12.4. The van der Waals surface area contributed by atoms with Crippen LogP contribution in [0, 0.1) is 0 Å². The second kappa shape index (κ2) is 7.09. The first-order chi connectivity index (χ1) is 10.2. The molecule has 0 saturated heterocycles. The number of aromatic nitrogens is 1. The SMILES string of the molecule is CCCn1cccc(C(N)c2ccc(OCC)cc2)c1=O. The van der Waals surface area contributed by atoms with Gasteiger partial charge in [-0.3, -0.25) is 4.79 Å². The zero-order valence-electron chi connectivity index (χ0n) is 12.6. The maximum absolute atomic E-state index is 12.4. The lowest BCUT2D eigenvalue weighted by Crippen LogP contribution is -2.28. The lowest BCUT2D eigenvalue weighted by molar-refractivity contribution is 0.340. The predicted octanol–water partition coefficient (Wildman–Crippen LogP) is 2.71. The van der Waals surface area contributed by atoms with E-state index in [0.29, 0.717) is 18.7 Å². The summed E-state index contributed by atoms with van der Waals surface area (Å²) in [5.74, 6) is 0.810. The number of hydrogen-bond donors (Lipinski definition) is 1. The molecule has 0 radical (unpaired) electrons. The van der Waals surface area contributed by atoms with Crippen molar-refractivity contribution in [3.05, 3.63) is 64.1 Å². The van der Waals surface area contributed by atoms with E-state index in [9.17, 15) is 4.79 Å². The lowest BCUT2D eigenvalue weighted by atomic mass is 10.0. The smallest absolute Gasteiger partial charge is 0.255 e. The monoisotopic (exact) mass is 286 g/mol. The summed E-state index contributed by atoms with van der Waals surface area (Å²) in [5.41, 5.74) is 7.77. The maximum Gasteiger partial charge on any atom is 0.255 e. The van der Waals surface area contributed by atoms with Gasteiger partial charge in [-0.25, -0.2) is 0 Å². The van der Waals surface area contributed by atoms with Crippen molar-refractivity contribution >= 4 is 0 Å². The molecule has 2 N–H and O–H groups in total. The zero-order valence-corrected chi connectivity index (χ0v) is 12.6. The summed E-state index contributed by atoms with van der Waals surface area (Å²) in [7, 11) is 0. The summed E-state index contributed by atoms with van der Waals surface area (Å²) in [6.07, 6.45) is 2.72. The van der Waals surface area contributed by atoms with E-state index < -0.39 is 6.04 Å². The number of hydrogen-bond acceptors (Lipinski definition) is 3. The second-order valence-electron chi connectivity index (χ2n) is 4.94. The molecule has 0 saturated carbocycles. The number of ether oxygens (including phenoxy) is 1. The Morgan fingerprint density at radius 3 is 2.52 bits per heavy atom. The highest BCUT2D eigenvalue weighted by Crippen LogP contribution is 2.20. The van der Waals surface area contributed by atoms with Gasteiger partial charge in [-0.15, -0.1) is 0 Å². The fraction of sp³-hybridized carbons (Fsp3) is 0.353. The Morgan fingerprint density at radius 1 is 1.19 bits per heavy atom. The summed E-state index contributed by atoms with van der Waals surface area (Å²) < 4.78 is 7.13. The molecular formula is C17H22N2O2. The van der Waals surface area contributed by atoms with Crippen molar-refractivity contribution in [3.8, 4) is 5.75 Å². The van der Waals surface area contributed by atoms with Gasteiger partial charge in [0.05, 0.1) is 12.6 Å². The van der Waals surface area contributed by atoms with Gasteiger partial charge in [-0.05, 0) is 37.1 Å². The van der Waals surface area contributed by atoms with Crippen LogP contribution in [0.4, 0.5) is 0 Å². The van der Waals surface area contributed by atoms with Crippen LogP contribution in [-0.4, -0.2) is 11.2 Å². The highest BCUT2D eigenvalue weighted by Gasteiger charge is 2.13. The van der Waals surface area contributed by atoms with E-state index in [-0.39, 0.29) is 5.56 Å². The Morgan fingerprint density at radius 2 is 1.90 bits per heavy atom. The third kappa shape index (κ3) is 3.52. The quantitative estimate of drug-likeness (QED) is 0.888. The minimum absolute atomic E-state index is 0.0132. The molecule has 21 heavy (non-hydrogen) atoms. The average molecular weight is 286 g/mol. The molecule has 0 aliphatic rings. The highest BCUT2D eigenvalue weighted by molar-refractivity contribution is 5.34. The van der Waals surface area contributed by atoms with E-state index in [1.807, 2.05) is 44.2 Å². The van der Waals surface area contributed by atoms with E-state index in [1.165, 1.54) is 0 Å². The van der Waals surface area contributed by atoms with Crippen LogP contribution in [-0.2, 0) is 6.54 Å². The molecule has 1 atom stereocenters. The van der Waals surface area contributed by atoms with Crippen LogP contribution >= 0.6 is 0 Å². The number of pyridine rings is 1. The first-order valence-corrected chi connectivity index (χ1v) is 7.35. The molecule has 0 spiro atoms. The third-order valence-corrected chi connectivity index (χ3v) is 3.40. The van der Waals surface area contributed by atoms with Crippen LogP contribution in [0.1, 0.15) is 37.4 Å². The van der Waals surface area contributed by atoms with Crippen LogP contribution in [0.25, 0.3) is 0 Å². The number of benzene rings is 1. The van der Waals surface area contributed by atoms with Crippen LogP contribution in [0.15, 0.2) is 47.4 Å². The molecule has 2 rings (SSSR count). The van der Waals surface area contributed by atoms with E-state index in [0.717, 1.165) is 17.7 Å². The molecule has 1 unspecified atom stereocenters. The van der Waals surface area contributed by atoms with Crippen molar-refractivity contribution < 1.29 is 4.74 Å². The Kier molecular flexibility index (Phi) is 5.17. The molecule has 1 heterocycles. The van der Waals surface area contributed by atoms with Gasteiger partial charge in [0.2, 0.25) is 0 Å². The molecule has 1 aromatic carbocycles. The van der Waals surface area contributed by atoms with Crippen LogP contribution in [0.3, 0.4) is 0 Å². The molecule has 0 fully saturated rings. The Bertz CT molecular complexity index is 632. The van der Waals surface area contributed by atoms with Crippen molar-refractivity contribution in [3.63, 3.8) is 0 Å². The van der Waals surface area contributed by atoms with E-state index >= 15 is 0 Å². The number of rotatable bonds is 6. The predicted molar refractivity (Wildman–Crippen MR) is 84.6 cm³/mol. The molecule has 0 aliphatic carbocycles. The van der Waals surface area contributed by atoms with Crippen LogP contribution in [0.2, 0.25) is 0 Å². The standard InChI is InChI=1S/C17H22N2O2/c1-3-11-19-12-5-6-15(17(19)20)16(18)13-7-9-14(10-8-13)21-4-2/h5-10,12,16H,3-4,11,18H2,1-2H3. The summed E-state index contributed by atoms with van der Waals surface area (Å²) in [6.45, 7) is 5.33. The Hall–Kier alpha value is -2.07. The Balaban J connectivity index is 2.29. The molecule has 1 aromatic heterocycles. The third-order valence-electron chi connectivity index (χ3n) is 3.40. The number of aryl methyl sites for hydroxylation is 1. The van der Waals surface area contributed by atoms with E-state index in [4.69, 9.17) is 10.5 Å². The topological polar surface area (TPSA) is 57.2 Å². The van der Waals surface area contributed by atoms with Gasteiger partial charge in [0.15, 0.2) is 0 Å². The summed E-state index contributed by atoms with van der Waals surface area (Å²) in [4.78, 5) is 12.4. The van der Waals surface area contributed by atoms with E-state index in [1.54, 1.807) is 16.8 Å². The number of nitrogens with two attached hydrogens (primary N) is 1. The molecular weight excluding hydrogens is 264 g/mol. The normalized spacial score (nSPS) is 12.1. The van der Waals surface area contributed by atoms with Crippen molar-refractivity contribution in [2.75, 3.05) is 6.61 Å². The van der Waals surface area contributed by atoms with Gasteiger partial charge in [-0.2, -0.15) is 0 Å². The zero-order chi connectivity index (χ0) is 15.2. The fourth-order valence-corrected chi connectivity index (χ4v) is 2.33. The summed E-state index contributed by atoms with van der Waals surface area (Å²) in [6, 6.07) is 10.8. The minimum atomic E-state index is -0.419. The lowest BCUT2D eigenvalue weighted by Gasteiger charge is -2.14. The van der Waals surface area contributed by atoms with Gasteiger partial charge in [-0.1, -0.05) is 25.1 Å². The van der Waals surface area contributed by atoms with Crippen molar-refractivity contribution in [1.29, 1.82) is 0 Å². The molecule has 112 valence electrons. The first kappa shape index (κ1) is 15.3. The molecule has 2 aromatic rings. The van der Waals surface area contributed by atoms with Crippen molar-refractivity contribution in [1.82, 2.24) is 4.57 Å². The van der Waals surface area contributed by atoms with Gasteiger partial charge in [0.25, 0.3) is 5.56 Å². The van der Waals surface area contributed by atoms with Gasteiger partial charge in [0, 0.05) is 18.3 Å². The van der Waals surface area contributed by atoms with Crippen LogP contribution < -0.4 is 16.0 Å². The first-order valence-electron chi connectivity index (χ1n) is 7.35.